The Morgan fingerprint density at radius 2 is 1.88 bits per heavy atom. The third-order valence-corrected chi connectivity index (χ3v) is 4.61. The second kappa shape index (κ2) is 11.9. The van der Waals surface area contributed by atoms with Gasteiger partial charge in [0.05, 0.1) is 6.54 Å². The number of guanidine groups is 1. The van der Waals surface area contributed by atoms with E-state index in [1.54, 1.807) is 6.33 Å². The molecule has 0 aromatic carbocycles. The van der Waals surface area contributed by atoms with Gasteiger partial charge >= 0.3 is 0 Å². The molecule has 0 saturated carbocycles. The Bertz CT molecular complexity index is 514. The molecule has 0 saturated heterocycles. The summed E-state index contributed by atoms with van der Waals surface area (Å²) in [5.41, 5.74) is 0. The molecular formula is C19H39N7. The molecule has 1 atom stereocenters. The highest BCUT2D eigenvalue weighted by Crippen LogP contribution is 2.04. The largest absolute Gasteiger partial charge is 0.355 e. The van der Waals surface area contributed by atoms with E-state index in [0.717, 1.165) is 50.8 Å². The van der Waals surface area contributed by atoms with Crippen LogP contribution in [0.4, 0.5) is 0 Å². The van der Waals surface area contributed by atoms with E-state index in [1.165, 1.54) is 0 Å². The van der Waals surface area contributed by atoms with Gasteiger partial charge in [-0.05, 0) is 41.0 Å². The number of aromatic nitrogens is 3. The van der Waals surface area contributed by atoms with Crippen molar-refractivity contribution in [2.24, 2.45) is 4.99 Å². The van der Waals surface area contributed by atoms with Crippen molar-refractivity contribution in [2.45, 2.75) is 86.0 Å². The molecular weight excluding hydrogens is 326 g/mol. The molecule has 0 spiro atoms. The summed E-state index contributed by atoms with van der Waals surface area (Å²) in [5, 5.41) is 15.1. The van der Waals surface area contributed by atoms with Crippen molar-refractivity contribution in [2.75, 3.05) is 19.6 Å². The molecule has 0 aliphatic rings. The minimum Gasteiger partial charge on any atom is -0.355 e. The van der Waals surface area contributed by atoms with Gasteiger partial charge in [-0.2, -0.15) is 0 Å². The molecule has 0 fully saturated rings. The molecule has 1 aromatic rings. The summed E-state index contributed by atoms with van der Waals surface area (Å²) >= 11 is 0. The van der Waals surface area contributed by atoms with Crippen LogP contribution in [0.1, 0.15) is 60.7 Å². The minimum absolute atomic E-state index is 0.397. The van der Waals surface area contributed by atoms with E-state index in [9.17, 15) is 0 Å². The zero-order valence-electron chi connectivity index (χ0n) is 17.8. The van der Waals surface area contributed by atoms with Crippen molar-refractivity contribution in [1.29, 1.82) is 0 Å². The third-order valence-electron chi connectivity index (χ3n) is 4.61. The van der Waals surface area contributed by atoms with E-state index in [1.807, 2.05) is 0 Å². The van der Waals surface area contributed by atoms with E-state index in [-0.39, 0.29) is 0 Å². The molecule has 1 unspecified atom stereocenters. The molecule has 0 aliphatic heterocycles. The normalized spacial score (nSPS) is 13.7. The summed E-state index contributed by atoms with van der Waals surface area (Å²) in [6, 6.07) is 1.46. The van der Waals surface area contributed by atoms with Crippen LogP contribution in [0.2, 0.25) is 0 Å². The van der Waals surface area contributed by atoms with Crippen molar-refractivity contribution < 1.29 is 0 Å². The van der Waals surface area contributed by atoms with Crippen LogP contribution < -0.4 is 10.6 Å². The molecule has 7 heteroatoms. The summed E-state index contributed by atoms with van der Waals surface area (Å²) in [6.45, 7) is 18.8. The number of nitrogens with zero attached hydrogens (tertiary/aromatic N) is 5. The Balaban J connectivity index is 2.59. The Morgan fingerprint density at radius 3 is 2.46 bits per heavy atom. The monoisotopic (exact) mass is 365 g/mol. The van der Waals surface area contributed by atoms with Crippen molar-refractivity contribution in [1.82, 2.24) is 30.3 Å². The molecule has 150 valence electrons. The fourth-order valence-electron chi connectivity index (χ4n) is 2.91. The first-order valence-corrected chi connectivity index (χ1v) is 10.1. The van der Waals surface area contributed by atoms with Gasteiger partial charge in [-0.15, -0.1) is 10.2 Å². The highest BCUT2D eigenvalue weighted by molar-refractivity contribution is 5.80. The molecule has 0 radical (unpaired) electrons. The number of rotatable bonds is 11. The van der Waals surface area contributed by atoms with Gasteiger partial charge in [0.15, 0.2) is 5.96 Å². The first kappa shape index (κ1) is 22.4. The predicted octanol–water partition coefficient (Wildman–Crippen LogP) is 2.29. The lowest BCUT2D eigenvalue weighted by molar-refractivity contribution is 0.181. The van der Waals surface area contributed by atoms with Crippen LogP contribution in [-0.4, -0.2) is 63.4 Å². The number of aryl methyl sites for hydroxylation is 1. The Labute approximate surface area is 159 Å². The maximum Gasteiger partial charge on any atom is 0.191 e. The zero-order chi connectivity index (χ0) is 19.5. The van der Waals surface area contributed by atoms with E-state index < -0.39 is 0 Å². The second-order valence-corrected chi connectivity index (χ2v) is 7.33. The molecule has 1 rings (SSSR count). The predicted molar refractivity (Wildman–Crippen MR) is 110 cm³/mol. The van der Waals surface area contributed by atoms with Crippen LogP contribution in [0.25, 0.3) is 0 Å². The first-order chi connectivity index (χ1) is 12.4. The molecule has 1 heterocycles. The SMILES string of the molecule is CCc1nncn1CCNC(=NCCN(C(C)C)C(C)C)NC(C)CC. The summed E-state index contributed by atoms with van der Waals surface area (Å²) in [4.78, 5) is 7.26. The molecule has 0 bridgehead atoms. The van der Waals surface area contributed by atoms with Gasteiger partial charge in [0, 0.05) is 44.2 Å². The highest BCUT2D eigenvalue weighted by atomic mass is 15.3. The number of hydrogen-bond donors (Lipinski definition) is 2. The van der Waals surface area contributed by atoms with Crippen molar-refractivity contribution in [3.8, 4) is 0 Å². The third kappa shape index (κ3) is 7.72. The first-order valence-electron chi connectivity index (χ1n) is 10.1. The van der Waals surface area contributed by atoms with Crippen molar-refractivity contribution >= 4 is 5.96 Å². The Morgan fingerprint density at radius 1 is 1.19 bits per heavy atom. The molecule has 7 nitrogen and oxygen atoms in total. The zero-order valence-corrected chi connectivity index (χ0v) is 17.8. The average Bonchev–Trinajstić information content (AvgIpc) is 3.04. The standard InChI is InChI=1S/C19H39N7/c1-8-17(7)23-19(21-11-13-26(15(3)4)16(5)6)20-10-12-25-14-22-24-18(25)9-2/h14-17H,8-13H2,1-7H3,(H2,20,21,23). The smallest absolute Gasteiger partial charge is 0.191 e. The Hall–Kier alpha value is -1.63. The molecule has 26 heavy (non-hydrogen) atoms. The van der Waals surface area contributed by atoms with Gasteiger partial charge in [-0.3, -0.25) is 9.89 Å². The van der Waals surface area contributed by atoms with Gasteiger partial charge in [0.25, 0.3) is 0 Å². The topological polar surface area (TPSA) is 70.4 Å². The maximum absolute atomic E-state index is 4.79. The van der Waals surface area contributed by atoms with Gasteiger partial charge in [-0.1, -0.05) is 13.8 Å². The lowest BCUT2D eigenvalue weighted by atomic mass is 10.2. The fraction of sp³-hybridized carbons (Fsp3) is 0.842. The van der Waals surface area contributed by atoms with Crippen LogP contribution in [0.15, 0.2) is 11.3 Å². The average molecular weight is 366 g/mol. The van der Waals surface area contributed by atoms with Crippen molar-refractivity contribution in [3.05, 3.63) is 12.2 Å². The van der Waals surface area contributed by atoms with Gasteiger partial charge in [-0.25, -0.2) is 0 Å². The summed E-state index contributed by atoms with van der Waals surface area (Å²) in [7, 11) is 0. The number of hydrogen-bond acceptors (Lipinski definition) is 4. The van der Waals surface area contributed by atoms with Crippen LogP contribution in [0.3, 0.4) is 0 Å². The van der Waals surface area contributed by atoms with E-state index in [4.69, 9.17) is 4.99 Å². The quantitative estimate of drug-likeness (QED) is 0.465. The number of aliphatic imine (C=N–C) groups is 1. The van der Waals surface area contributed by atoms with Crippen LogP contribution in [0, 0.1) is 0 Å². The lowest BCUT2D eigenvalue weighted by Gasteiger charge is -2.30. The lowest BCUT2D eigenvalue weighted by Crippen LogP contribution is -2.44. The summed E-state index contributed by atoms with van der Waals surface area (Å²) in [6.07, 6.45) is 3.76. The van der Waals surface area contributed by atoms with E-state index >= 15 is 0 Å². The van der Waals surface area contributed by atoms with E-state index in [0.29, 0.717) is 18.1 Å². The maximum atomic E-state index is 4.79. The van der Waals surface area contributed by atoms with Crippen LogP contribution >= 0.6 is 0 Å². The number of nitrogens with one attached hydrogen (secondary N) is 2. The summed E-state index contributed by atoms with van der Waals surface area (Å²) in [5.74, 6) is 1.91. The van der Waals surface area contributed by atoms with Gasteiger partial charge < -0.3 is 15.2 Å². The van der Waals surface area contributed by atoms with Crippen molar-refractivity contribution in [3.63, 3.8) is 0 Å². The molecule has 0 aliphatic carbocycles. The molecule has 0 amide bonds. The van der Waals surface area contributed by atoms with Crippen LogP contribution in [0.5, 0.6) is 0 Å². The van der Waals surface area contributed by atoms with Gasteiger partial charge in [0.2, 0.25) is 0 Å². The summed E-state index contributed by atoms with van der Waals surface area (Å²) < 4.78 is 2.09. The highest BCUT2D eigenvalue weighted by Gasteiger charge is 2.12. The molecule has 2 N–H and O–H groups in total. The van der Waals surface area contributed by atoms with Gasteiger partial charge in [0.1, 0.15) is 12.2 Å². The second-order valence-electron chi connectivity index (χ2n) is 7.33. The van der Waals surface area contributed by atoms with E-state index in [2.05, 4.69) is 78.8 Å². The fourth-order valence-corrected chi connectivity index (χ4v) is 2.91. The molecule has 1 aromatic heterocycles. The Kier molecular flexibility index (Phi) is 10.2. The van der Waals surface area contributed by atoms with Crippen LogP contribution in [-0.2, 0) is 13.0 Å². The minimum atomic E-state index is 0.397.